The molecule has 0 aliphatic heterocycles. The highest BCUT2D eigenvalue weighted by Crippen LogP contribution is 2.63. The van der Waals surface area contributed by atoms with Crippen molar-refractivity contribution in [3.63, 3.8) is 0 Å². The highest BCUT2D eigenvalue weighted by Gasteiger charge is 2.60. The number of ether oxygens (including phenoxy) is 1. The van der Waals surface area contributed by atoms with Crippen LogP contribution in [0, 0.1) is 22.7 Å². The molecule has 3 nitrogen and oxygen atoms in total. The molecule has 0 saturated heterocycles. The molecule has 0 unspecified atom stereocenters. The molecule has 0 bridgehead atoms. The van der Waals surface area contributed by atoms with Crippen molar-refractivity contribution < 1.29 is 14.6 Å². The fourth-order valence-electron chi connectivity index (χ4n) is 5.06. The van der Waals surface area contributed by atoms with E-state index in [-0.39, 0.29) is 22.7 Å². The summed E-state index contributed by atoms with van der Waals surface area (Å²) in [6.45, 7) is 10.6. The molecule has 21 heavy (non-hydrogen) atoms. The number of aliphatic hydroxyl groups is 1. The van der Waals surface area contributed by atoms with Gasteiger partial charge in [0.15, 0.2) is 0 Å². The number of rotatable bonds is 2. The molecule has 0 radical (unpaired) electrons. The number of fused-ring (bicyclic) bond motifs is 1. The zero-order chi connectivity index (χ0) is 16.1. The lowest BCUT2D eigenvalue weighted by Crippen LogP contribution is -2.61. The van der Waals surface area contributed by atoms with Crippen LogP contribution < -0.4 is 0 Å². The summed E-state index contributed by atoms with van der Waals surface area (Å²) < 4.78 is 5.32. The van der Waals surface area contributed by atoms with Gasteiger partial charge >= 0.3 is 5.97 Å². The summed E-state index contributed by atoms with van der Waals surface area (Å²) in [7, 11) is 0. The Bertz CT molecular complexity index is 418. The SMILES string of the molecule is CC(=O)OC[C@@H]1[C@@]2(C)CC[C@H](Br)C(C)(C)[C@H]2CC[C@]1(C)O. The van der Waals surface area contributed by atoms with E-state index in [4.69, 9.17) is 4.74 Å². The molecular weight excluding hydrogens is 332 g/mol. The van der Waals surface area contributed by atoms with Gasteiger partial charge in [0.05, 0.1) is 12.2 Å². The van der Waals surface area contributed by atoms with Crippen molar-refractivity contribution in [2.75, 3.05) is 6.61 Å². The summed E-state index contributed by atoms with van der Waals surface area (Å²) in [5, 5.41) is 10.9. The van der Waals surface area contributed by atoms with Gasteiger partial charge in [0.1, 0.15) is 0 Å². The summed E-state index contributed by atoms with van der Waals surface area (Å²) >= 11 is 3.86. The first kappa shape index (κ1) is 17.3. The van der Waals surface area contributed by atoms with E-state index >= 15 is 0 Å². The number of esters is 1. The van der Waals surface area contributed by atoms with Crippen LogP contribution in [0.3, 0.4) is 0 Å². The van der Waals surface area contributed by atoms with Gasteiger partial charge in [-0.15, -0.1) is 0 Å². The van der Waals surface area contributed by atoms with Crippen LogP contribution in [0.2, 0.25) is 0 Å². The third-order valence-electron chi connectivity index (χ3n) is 6.38. The monoisotopic (exact) mass is 360 g/mol. The second kappa shape index (κ2) is 5.52. The van der Waals surface area contributed by atoms with E-state index in [1.54, 1.807) is 0 Å². The van der Waals surface area contributed by atoms with E-state index in [2.05, 4.69) is 36.7 Å². The van der Waals surface area contributed by atoms with Crippen molar-refractivity contribution >= 4 is 21.9 Å². The minimum Gasteiger partial charge on any atom is -0.465 e. The number of hydrogen-bond donors (Lipinski definition) is 1. The number of halogens is 1. The molecule has 0 amide bonds. The minimum atomic E-state index is -0.754. The second-order valence-corrected chi connectivity index (χ2v) is 9.24. The van der Waals surface area contributed by atoms with Crippen LogP contribution in [0.25, 0.3) is 0 Å². The molecule has 0 aromatic carbocycles. The van der Waals surface area contributed by atoms with E-state index in [9.17, 15) is 9.90 Å². The molecule has 5 atom stereocenters. The smallest absolute Gasteiger partial charge is 0.302 e. The highest BCUT2D eigenvalue weighted by molar-refractivity contribution is 9.09. The number of alkyl halides is 1. The summed E-state index contributed by atoms with van der Waals surface area (Å²) in [4.78, 5) is 11.7. The Labute approximate surface area is 137 Å². The van der Waals surface area contributed by atoms with Crippen molar-refractivity contribution in [2.45, 2.75) is 70.7 Å². The first-order valence-corrected chi connectivity index (χ1v) is 8.93. The molecule has 0 aromatic rings. The van der Waals surface area contributed by atoms with Gasteiger partial charge in [-0.05, 0) is 49.4 Å². The molecule has 2 rings (SSSR count). The maximum Gasteiger partial charge on any atom is 0.302 e. The maximum absolute atomic E-state index is 11.2. The first-order valence-electron chi connectivity index (χ1n) is 8.01. The third kappa shape index (κ3) is 2.90. The lowest BCUT2D eigenvalue weighted by atomic mass is 9.46. The third-order valence-corrected chi connectivity index (χ3v) is 8.01. The zero-order valence-electron chi connectivity index (χ0n) is 13.9. The van der Waals surface area contributed by atoms with Gasteiger partial charge in [0, 0.05) is 17.7 Å². The lowest BCUT2D eigenvalue weighted by molar-refractivity contribution is -0.186. The van der Waals surface area contributed by atoms with Crippen molar-refractivity contribution in [1.29, 1.82) is 0 Å². The van der Waals surface area contributed by atoms with Crippen LogP contribution in [0.15, 0.2) is 0 Å². The number of carbonyl (C=O) groups excluding carboxylic acids is 1. The van der Waals surface area contributed by atoms with Crippen LogP contribution in [0.1, 0.15) is 60.3 Å². The zero-order valence-corrected chi connectivity index (χ0v) is 15.5. The van der Waals surface area contributed by atoms with Gasteiger partial charge in [-0.3, -0.25) is 4.79 Å². The number of hydrogen-bond acceptors (Lipinski definition) is 3. The fourth-order valence-corrected chi connectivity index (χ4v) is 5.61. The van der Waals surface area contributed by atoms with E-state index < -0.39 is 5.60 Å². The van der Waals surface area contributed by atoms with E-state index in [0.717, 1.165) is 25.7 Å². The molecule has 2 aliphatic carbocycles. The average molecular weight is 361 g/mol. The normalized spacial score (nSPS) is 45.8. The molecule has 0 aromatic heterocycles. The Hall–Kier alpha value is -0.0900. The Balaban J connectivity index is 2.33. The summed E-state index contributed by atoms with van der Waals surface area (Å²) in [6.07, 6.45) is 3.99. The topological polar surface area (TPSA) is 46.5 Å². The van der Waals surface area contributed by atoms with Crippen molar-refractivity contribution in [3.8, 4) is 0 Å². The second-order valence-electron chi connectivity index (χ2n) is 8.14. The van der Waals surface area contributed by atoms with Crippen molar-refractivity contribution in [1.82, 2.24) is 0 Å². The molecule has 2 fully saturated rings. The summed E-state index contributed by atoms with van der Waals surface area (Å²) in [5.41, 5.74) is -0.543. The molecule has 122 valence electrons. The van der Waals surface area contributed by atoms with Gasteiger partial charge in [0.2, 0.25) is 0 Å². The van der Waals surface area contributed by atoms with E-state index in [1.807, 2.05) is 6.92 Å². The molecule has 4 heteroatoms. The Morgan fingerprint density at radius 3 is 2.43 bits per heavy atom. The molecular formula is C17H29BrO3. The maximum atomic E-state index is 11.2. The summed E-state index contributed by atoms with van der Waals surface area (Å²) in [6, 6.07) is 0. The Kier molecular flexibility index (Phi) is 4.54. The predicted molar refractivity (Wildman–Crippen MR) is 87.3 cm³/mol. The molecule has 0 spiro atoms. The van der Waals surface area contributed by atoms with Gasteiger partial charge in [-0.2, -0.15) is 0 Å². The van der Waals surface area contributed by atoms with Crippen molar-refractivity contribution in [3.05, 3.63) is 0 Å². The van der Waals surface area contributed by atoms with Crippen LogP contribution in [-0.4, -0.2) is 28.1 Å². The van der Waals surface area contributed by atoms with Crippen LogP contribution in [0.4, 0.5) is 0 Å². The predicted octanol–water partition coefficient (Wildman–Crippen LogP) is 3.92. The molecule has 1 N–H and O–H groups in total. The van der Waals surface area contributed by atoms with Crippen LogP contribution in [0.5, 0.6) is 0 Å². The van der Waals surface area contributed by atoms with E-state index in [0.29, 0.717) is 17.4 Å². The number of carbonyl (C=O) groups is 1. The highest BCUT2D eigenvalue weighted by atomic mass is 79.9. The Morgan fingerprint density at radius 2 is 1.86 bits per heavy atom. The van der Waals surface area contributed by atoms with Gasteiger partial charge < -0.3 is 9.84 Å². The van der Waals surface area contributed by atoms with E-state index in [1.165, 1.54) is 6.92 Å². The van der Waals surface area contributed by atoms with Crippen LogP contribution >= 0.6 is 15.9 Å². The molecule has 2 saturated carbocycles. The van der Waals surface area contributed by atoms with Crippen molar-refractivity contribution in [2.24, 2.45) is 22.7 Å². The quantitative estimate of drug-likeness (QED) is 0.599. The standard InChI is InChI=1S/C17H29BrO3/c1-11(19)21-10-13-16(4)8-7-14(18)15(2,3)12(16)6-9-17(13,5)20/h12-14,20H,6-10H2,1-5H3/t12-,13-,14+,16+,17+/m1/s1. The largest absolute Gasteiger partial charge is 0.465 e. The first-order chi connectivity index (χ1) is 9.52. The molecule has 2 aliphatic rings. The lowest BCUT2D eigenvalue weighted by Gasteiger charge is -2.62. The van der Waals surface area contributed by atoms with Gasteiger partial charge in [-0.1, -0.05) is 36.7 Å². The summed E-state index contributed by atoms with van der Waals surface area (Å²) in [5.74, 6) is 0.279. The molecule has 0 heterocycles. The van der Waals surface area contributed by atoms with Crippen LogP contribution in [-0.2, 0) is 9.53 Å². The minimum absolute atomic E-state index is 0.00641. The average Bonchev–Trinajstić information content (AvgIpc) is 2.32. The van der Waals surface area contributed by atoms with Gasteiger partial charge in [-0.25, -0.2) is 0 Å². The Morgan fingerprint density at radius 1 is 1.24 bits per heavy atom. The fraction of sp³-hybridized carbons (Fsp3) is 0.941. The van der Waals surface area contributed by atoms with Gasteiger partial charge in [0.25, 0.3) is 0 Å².